The third-order valence-electron chi connectivity index (χ3n) is 5.50. The Morgan fingerprint density at radius 3 is 2.54 bits per heavy atom. The van der Waals surface area contributed by atoms with Crippen molar-refractivity contribution >= 4 is 17.6 Å². The molecule has 0 aromatic heterocycles. The molecule has 0 aliphatic carbocycles. The molecule has 0 saturated carbocycles. The summed E-state index contributed by atoms with van der Waals surface area (Å²) >= 11 is 0. The van der Waals surface area contributed by atoms with Gasteiger partial charge in [-0.15, -0.1) is 0 Å². The first kappa shape index (κ1) is 16.8. The lowest BCUT2D eigenvalue weighted by atomic mass is 9.94. The molecule has 0 bridgehead atoms. The van der Waals surface area contributed by atoms with Gasteiger partial charge in [-0.1, -0.05) is 42.5 Å². The summed E-state index contributed by atoms with van der Waals surface area (Å²) < 4.78 is 5.01. The van der Waals surface area contributed by atoms with Crippen LogP contribution in [0.2, 0.25) is 0 Å². The molecule has 1 N–H and O–H groups in total. The van der Waals surface area contributed by atoms with Crippen molar-refractivity contribution in [2.75, 3.05) is 25.1 Å². The zero-order chi connectivity index (χ0) is 18.1. The number of carbonyl (C=O) groups excluding carboxylic acids is 2. The molecule has 5 heteroatoms. The summed E-state index contributed by atoms with van der Waals surface area (Å²) in [4.78, 5) is 28.1. The summed E-state index contributed by atoms with van der Waals surface area (Å²) in [5.74, 6) is -0.178. The van der Waals surface area contributed by atoms with E-state index in [1.807, 2.05) is 35.2 Å². The van der Waals surface area contributed by atoms with Gasteiger partial charge in [-0.25, -0.2) is 4.79 Å². The van der Waals surface area contributed by atoms with Crippen LogP contribution >= 0.6 is 0 Å². The fourth-order valence-corrected chi connectivity index (χ4v) is 4.13. The lowest BCUT2D eigenvalue weighted by molar-refractivity contribution is -0.924. The molecule has 1 unspecified atom stereocenters. The third kappa shape index (κ3) is 2.99. The van der Waals surface area contributed by atoms with E-state index in [-0.39, 0.29) is 17.9 Å². The predicted molar refractivity (Wildman–Crippen MR) is 98.0 cm³/mol. The van der Waals surface area contributed by atoms with E-state index in [0.29, 0.717) is 26.1 Å². The Labute approximate surface area is 153 Å². The fourth-order valence-electron chi connectivity index (χ4n) is 4.13. The highest BCUT2D eigenvalue weighted by Gasteiger charge is 2.38. The summed E-state index contributed by atoms with van der Waals surface area (Å²) in [5.41, 5.74) is 4.59. The molecule has 2 aromatic carbocycles. The number of methoxy groups -OCH3 is 1. The highest BCUT2D eigenvalue weighted by Crippen LogP contribution is 2.27. The molecule has 134 valence electrons. The van der Waals surface area contributed by atoms with Gasteiger partial charge in [0.1, 0.15) is 6.54 Å². The molecular weight excluding hydrogens is 328 g/mol. The Kier molecular flexibility index (Phi) is 4.47. The van der Waals surface area contributed by atoms with Gasteiger partial charge in [-0.2, -0.15) is 0 Å². The minimum atomic E-state index is -0.336. The van der Waals surface area contributed by atoms with E-state index in [4.69, 9.17) is 4.74 Å². The van der Waals surface area contributed by atoms with Gasteiger partial charge in [-0.05, 0) is 23.6 Å². The van der Waals surface area contributed by atoms with Crippen LogP contribution in [0.25, 0.3) is 0 Å². The van der Waals surface area contributed by atoms with Crippen molar-refractivity contribution in [1.82, 2.24) is 0 Å². The summed E-state index contributed by atoms with van der Waals surface area (Å²) in [6.45, 7) is 1.67. The SMILES string of the molecule is COC(=O)[C@H]1Cc2ccccc2C[NH+]1CC(=O)N1CCc2ccccc21. The number of hydrogen-bond donors (Lipinski definition) is 1. The quantitative estimate of drug-likeness (QED) is 0.831. The van der Waals surface area contributed by atoms with Crippen LogP contribution in [0, 0.1) is 0 Å². The highest BCUT2D eigenvalue weighted by molar-refractivity contribution is 5.96. The van der Waals surface area contributed by atoms with Crippen LogP contribution < -0.4 is 9.80 Å². The maximum absolute atomic E-state index is 13.0. The molecule has 2 aliphatic heterocycles. The molecule has 26 heavy (non-hydrogen) atoms. The van der Waals surface area contributed by atoms with E-state index in [2.05, 4.69) is 18.2 Å². The number of fused-ring (bicyclic) bond motifs is 2. The van der Waals surface area contributed by atoms with Gasteiger partial charge >= 0.3 is 5.97 Å². The second kappa shape index (κ2) is 6.92. The van der Waals surface area contributed by atoms with Gasteiger partial charge in [0, 0.05) is 24.2 Å². The van der Waals surface area contributed by atoms with E-state index in [9.17, 15) is 9.59 Å². The Morgan fingerprint density at radius 2 is 1.77 bits per heavy atom. The maximum atomic E-state index is 13.0. The van der Waals surface area contributed by atoms with E-state index in [1.54, 1.807) is 0 Å². The number of carbonyl (C=O) groups is 2. The average molecular weight is 351 g/mol. The average Bonchev–Trinajstić information content (AvgIpc) is 3.11. The molecule has 2 atom stereocenters. The molecule has 2 aliphatic rings. The Bertz CT molecular complexity index is 849. The molecule has 4 rings (SSSR count). The monoisotopic (exact) mass is 351 g/mol. The number of nitrogens with one attached hydrogen (secondary N) is 1. The number of hydrogen-bond acceptors (Lipinski definition) is 3. The summed E-state index contributed by atoms with van der Waals surface area (Å²) in [6.07, 6.45) is 1.50. The van der Waals surface area contributed by atoms with Crippen LogP contribution in [0.15, 0.2) is 48.5 Å². The van der Waals surface area contributed by atoms with Crippen LogP contribution in [0.5, 0.6) is 0 Å². The van der Waals surface area contributed by atoms with Crippen molar-refractivity contribution in [2.45, 2.75) is 25.4 Å². The van der Waals surface area contributed by atoms with Crippen LogP contribution in [0.4, 0.5) is 5.69 Å². The van der Waals surface area contributed by atoms with Crippen LogP contribution in [-0.4, -0.2) is 38.1 Å². The first-order valence-corrected chi connectivity index (χ1v) is 9.05. The number of rotatable bonds is 3. The van der Waals surface area contributed by atoms with E-state index >= 15 is 0 Å². The van der Waals surface area contributed by atoms with Gasteiger partial charge in [-0.3, -0.25) is 4.79 Å². The van der Waals surface area contributed by atoms with Crippen molar-refractivity contribution in [3.05, 3.63) is 65.2 Å². The zero-order valence-electron chi connectivity index (χ0n) is 14.9. The molecule has 0 saturated heterocycles. The van der Waals surface area contributed by atoms with Crippen molar-refractivity contribution < 1.29 is 19.2 Å². The Hall–Kier alpha value is -2.66. The third-order valence-corrected chi connectivity index (χ3v) is 5.50. The molecule has 5 nitrogen and oxygen atoms in total. The second-order valence-corrected chi connectivity index (χ2v) is 6.98. The maximum Gasteiger partial charge on any atom is 0.365 e. The van der Waals surface area contributed by atoms with Crippen LogP contribution in [-0.2, 0) is 33.7 Å². The predicted octanol–water partition coefficient (Wildman–Crippen LogP) is 0.759. The summed E-state index contributed by atoms with van der Waals surface area (Å²) in [5, 5.41) is 0. The van der Waals surface area contributed by atoms with Gasteiger partial charge in [0.2, 0.25) is 0 Å². The van der Waals surface area contributed by atoms with Crippen LogP contribution in [0.3, 0.4) is 0 Å². The van der Waals surface area contributed by atoms with Crippen molar-refractivity contribution in [3.8, 4) is 0 Å². The van der Waals surface area contributed by atoms with E-state index < -0.39 is 0 Å². The first-order chi connectivity index (χ1) is 12.7. The molecule has 2 aromatic rings. The largest absolute Gasteiger partial charge is 0.465 e. The number of anilines is 1. The molecule has 0 fully saturated rings. The number of benzene rings is 2. The van der Waals surface area contributed by atoms with Crippen molar-refractivity contribution in [1.29, 1.82) is 0 Å². The second-order valence-electron chi connectivity index (χ2n) is 6.98. The molecule has 0 radical (unpaired) electrons. The smallest absolute Gasteiger partial charge is 0.365 e. The fraction of sp³-hybridized carbons (Fsp3) is 0.333. The highest BCUT2D eigenvalue weighted by atomic mass is 16.5. The lowest BCUT2D eigenvalue weighted by Crippen LogP contribution is -3.17. The van der Waals surface area contributed by atoms with Gasteiger partial charge in [0.25, 0.3) is 5.91 Å². The number of esters is 1. The number of ether oxygens (including phenoxy) is 1. The number of amides is 1. The molecular formula is C21H23N2O3+. The number of quaternary nitrogens is 1. The van der Waals surface area contributed by atoms with Gasteiger partial charge in [0.15, 0.2) is 12.6 Å². The molecule has 1 amide bonds. The minimum Gasteiger partial charge on any atom is -0.465 e. The molecule has 0 spiro atoms. The number of para-hydroxylation sites is 1. The van der Waals surface area contributed by atoms with E-state index in [0.717, 1.165) is 17.0 Å². The summed E-state index contributed by atoms with van der Waals surface area (Å²) in [7, 11) is 1.42. The minimum absolute atomic E-state index is 0.0678. The Morgan fingerprint density at radius 1 is 1.08 bits per heavy atom. The van der Waals surface area contributed by atoms with E-state index in [1.165, 1.54) is 23.8 Å². The summed E-state index contributed by atoms with van der Waals surface area (Å²) in [6, 6.07) is 15.8. The Balaban J connectivity index is 1.56. The van der Waals surface area contributed by atoms with Gasteiger partial charge in [0.05, 0.1) is 7.11 Å². The standard InChI is InChI=1S/C21H22N2O3/c1-26-21(25)19-12-16-7-2-3-8-17(16)13-22(19)14-20(24)23-11-10-15-6-4-5-9-18(15)23/h2-9,19H,10-14H2,1H3/p+1/t19-/m1/s1. The zero-order valence-corrected chi connectivity index (χ0v) is 14.9. The van der Waals surface area contributed by atoms with Crippen molar-refractivity contribution in [2.24, 2.45) is 0 Å². The normalized spacial score (nSPS) is 21.0. The van der Waals surface area contributed by atoms with Gasteiger partial charge < -0.3 is 14.5 Å². The van der Waals surface area contributed by atoms with Crippen molar-refractivity contribution in [3.63, 3.8) is 0 Å². The van der Waals surface area contributed by atoms with Crippen LogP contribution in [0.1, 0.15) is 16.7 Å². The number of nitrogens with zero attached hydrogens (tertiary/aromatic N) is 1. The molecule has 2 heterocycles. The lowest BCUT2D eigenvalue weighted by Gasteiger charge is -2.32. The first-order valence-electron chi connectivity index (χ1n) is 9.05. The topological polar surface area (TPSA) is 51.1 Å².